The molecule has 0 bridgehead atoms. The Hall–Kier alpha value is -1.92. The maximum absolute atomic E-state index is 12.2. The van der Waals surface area contributed by atoms with E-state index >= 15 is 0 Å². The summed E-state index contributed by atoms with van der Waals surface area (Å²) in [6, 6.07) is 4.59. The summed E-state index contributed by atoms with van der Waals surface area (Å²) in [5, 5.41) is 7.39. The van der Waals surface area contributed by atoms with Gasteiger partial charge in [0.2, 0.25) is 5.91 Å². The second-order valence-corrected chi connectivity index (χ2v) is 5.66. The van der Waals surface area contributed by atoms with E-state index in [0.29, 0.717) is 28.7 Å². The molecule has 0 aliphatic carbocycles. The lowest BCUT2D eigenvalue weighted by atomic mass is 10.0. The molecule has 1 unspecified atom stereocenters. The summed E-state index contributed by atoms with van der Waals surface area (Å²) in [5.41, 5.74) is 7.13. The Morgan fingerprint density at radius 1 is 1.48 bits per heavy atom. The van der Waals surface area contributed by atoms with Crippen molar-refractivity contribution in [2.24, 2.45) is 11.7 Å². The highest BCUT2D eigenvalue weighted by molar-refractivity contribution is 6.31. The molecule has 7 heteroatoms. The van der Waals surface area contributed by atoms with Crippen molar-refractivity contribution in [1.29, 1.82) is 0 Å². The van der Waals surface area contributed by atoms with E-state index in [1.165, 1.54) is 6.33 Å². The van der Waals surface area contributed by atoms with E-state index in [4.69, 9.17) is 17.3 Å². The van der Waals surface area contributed by atoms with Crippen molar-refractivity contribution in [3.8, 4) is 5.69 Å². The number of carbonyl (C=O) groups is 1. The molecule has 0 saturated carbocycles. The minimum Gasteiger partial charge on any atom is -0.323 e. The van der Waals surface area contributed by atoms with E-state index in [1.807, 2.05) is 13.8 Å². The van der Waals surface area contributed by atoms with Crippen LogP contribution in [-0.2, 0) is 4.79 Å². The van der Waals surface area contributed by atoms with Crippen molar-refractivity contribution in [3.63, 3.8) is 0 Å². The van der Waals surface area contributed by atoms with Crippen LogP contribution < -0.4 is 11.1 Å². The third kappa shape index (κ3) is 4.03. The van der Waals surface area contributed by atoms with Gasteiger partial charge >= 0.3 is 0 Å². The van der Waals surface area contributed by atoms with Crippen LogP contribution >= 0.6 is 11.6 Å². The first-order valence-electron chi connectivity index (χ1n) is 6.68. The van der Waals surface area contributed by atoms with Gasteiger partial charge in [-0.2, -0.15) is 5.10 Å². The molecule has 0 aliphatic rings. The number of hydrogen-bond acceptors (Lipinski definition) is 4. The number of nitrogens with one attached hydrogen (secondary N) is 1. The van der Waals surface area contributed by atoms with Crippen molar-refractivity contribution in [2.45, 2.75) is 26.3 Å². The number of carbonyl (C=O) groups excluding carboxylic acids is 1. The van der Waals surface area contributed by atoms with Crippen molar-refractivity contribution < 1.29 is 4.79 Å². The Morgan fingerprint density at radius 2 is 2.24 bits per heavy atom. The fourth-order valence-electron chi connectivity index (χ4n) is 1.98. The van der Waals surface area contributed by atoms with Gasteiger partial charge in [0.1, 0.15) is 12.7 Å². The summed E-state index contributed by atoms with van der Waals surface area (Å²) in [6.07, 6.45) is 3.59. The summed E-state index contributed by atoms with van der Waals surface area (Å²) in [4.78, 5) is 16.1. The minimum atomic E-state index is -0.562. The zero-order valence-corrected chi connectivity index (χ0v) is 12.7. The largest absolute Gasteiger partial charge is 0.323 e. The summed E-state index contributed by atoms with van der Waals surface area (Å²) in [6.45, 7) is 4.04. The molecule has 1 heterocycles. The number of rotatable bonds is 5. The Kier molecular flexibility index (Phi) is 4.93. The number of halogens is 1. The van der Waals surface area contributed by atoms with Gasteiger partial charge in [0, 0.05) is 5.02 Å². The van der Waals surface area contributed by atoms with Crippen molar-refractivity contribution in [2.75, 3.05) is 5.32 Å². The van der Waals surface area contributed by atoms with Crippen molar-refractivity contribution >= 4 is 23.2 Å². The first-order valence-corrected chi connectivity index (χ1v) is 7.06. The molecular weight excluding hydrogens is 290 g/mol. The van der Waals surface area contributed by atoms with E-state index < -0.39 is 6.04 Å². The molecule has 112 valence electrons. The highest BCUT2D eigenvalue weighted by atomic mass is 35.5. The van der Waals surface area contributed by atoms with Gasteiger partial charge < -0.3 is 11.1 Å². The Morgan fingerprint density at radius 3 is 2.86 bits per heavy atom. The van der Waals surface area contributed by atoms with Crippen LogP contribution in [0.1, 0.15) is 20.3 Å². The lowest BCUT2D eigenvalue weighted by molar-refractivity contribution is -0.117. The van der Waals surface area contributed by atoms with Gasteiger partial charge in [-0.25, -0.2) is 9.67 Å². The van der Waals surface area contributed by atoms with E-state index in [0.717, 1.165) is 0 Å². The summed E-state index contributed by atoms with van der Waals surface area (Å²) in [5.74, 6) is 0.104. The smallest absolute Gasteiger partial charge is 0.241 e. The van der Waals surface area contributed by atoms with Crippen LogP contribution in [0.3, 0.4) is 0 Å². The van der Waals surface area contributed by atoms with Gasteiger partial charge in [-0.1, -0.05) is 25.4 Å². The molecule has 3 N–H and O–H groups in total. The number of benzene rings is 1. The number of nitrogens with two attached hydrogens (primary N) is 1. The van der Waals surface area contributed by atoms with Crippen LogP contribution in [0.5, 0.6) is 0 Å². The Labute approximate surface area is 128 Å². The van der Waals surface area contributed by atoms with Gasteiger partial charge in [-0.15, -0.1) is 0 Å². The molecule has 21 heavy (non-hydrogen) atoms. The highest BCUT2D eigenvalue weighted by Crippen LogP contribution is 2.24. The van der Waals surface area contributed by atoms with Crippen LogP contribution in [-0.4, -0.2) is 26.7 Å². The first kappa shape index (κ1) is 15.5. The van der Waals surface area contributed by atoms with Gasteiger partial charge in [-0.3, -0.25) is 4.79 Å². The number of nitrogens with zero attached hydrogens (tertiary/aromatic N) is 3. The van der Waals surface area contributed by atoms with Crippen molar-refractivity contribution in [1.82, 2.24) is 14.8 Å². The molecule has 0 radical (unpaired) electrons. The third-order valence-electron chi connectivity index (χ3n) is 2.94. The van der Waals surface area contributed by atoms with E-state index in [1.54, 1.807) is 29.2 Å². The lowest BCUT2D eigenvalue weighted by Gasteiger charge is -2.16. The second kappa shape index (κ2) is 6.69. The average molecular weight is 308 g/mol. The summed E-state index contributed by atoms with van der Waals surface area (Å²) < 4.78 is 1.56. The standard InChI is InChI=1S/C14H18ClN5O/c1-9(2)5-11(16)14(21)19-12-6-10(15)3-4-13(12)20-8-17-7-18-20/h3-4,6-9,11H,5,16H2,1-2H3,(H,19,21). The molecule has 1 amide bonds. The first-order chi connectivity index (χ1) is 9.97. The maximum atomic E-state index is 12.2. The van der Waals surface area contributed by atoms with Gasteiger partial charge in [0.05, 0.1) is 17.4 Å². The number of hydrogen-bond donors (Lipinski definition) is 2. The predicted octanol–water partition coefficient (Wildman–Crippen LogP) is 2.23. The molecule has 1 atom stereocenters. The van der Waals surface area contributed by atoms with Crippen LogP contribution in [0.2, 0.25) is 5.02 Å². The molecule has 0 spiro atoms. The molecule has 2 rings (SSSR count). The SMILES string of the molecule is CC(C)CC(N)C(=O)Nc1cc(Cl)ccc1-n1cncn1. The number of anilines is 1. The second-order valence-electron chi connectivity index (χ2n) is 5.23. The summed E-state index contributed by atoms with van der Waals surface area (Å²) in [7, 11) is 0. The molecule has 1 aromatic heterocycles. The van der Waals surface area contributed by atoms with Gasteiger partial charge in [-0.05, 0) is 30.5 Å². The average Bonchev–Trinajstić information content (AvgIpc) is 2.91. The van der Waals surface area contributed by atoms with Crippen LogP contribution in [0, 0.1) is 5.92 Å². The van der Waals surface area contributed by atoms with Crippen LogP contribution in [0.25, 0.3) is 5.69 Å². The molecule has 0 saturated heterocycles. The molecule has 6 nitrogen and oxygen atoms in total. The number of amides is 1. The topological polar surface area (TPSA) is 85.8 Å². The van der Waals surface area contributed by atoms with Crippen LogP contribution in [0.15, 0.2) is 30.9 Å². The van der Waals surface area contributed by atoms with E-state index in [2.05, 4.69) is 15.4 Å². The molecule has 2 aromatic rings. The maximum Gasteiger partial charge on any atom is 0.241 e. The van der Waals surface area contributed by atoms with Gasteiger partial charge in [0.15, 0.2) is 0 Å². The van der Waals surface area contributed by atoms with Crippen LogP contribution in [0.4, 0.5) is 5.69 Å². The molecular formula is C14H18ClN5O. The number of aromatic nitrogens is 3. The van der Waals surface area contributed by atoms with E-state index in [9.17, 15) is 4.79 Å². The fraction of sp³-hybridized carbons (Fsp3) is 0.357. The van der Waals surface area contributed by atoms with E-state index in [-0.39, 0.29) is 5.91 Å². The fourth-order valence-corrected chi connectivity index (χ4v) is 2.15. The molecule has 0 fully saturated rings. The molecule has 1 aromatic carbocycles. The third-order valence-corrected chi connectivity index (χ3v) is 3.18. The zero-order chi connectivity index (χ0) is 15.4. The minimum absolute atomic E-state index is 0.243. The lowest BCUT2D eigenvalue weighted by Crippen LogP contribution is -2.36. The van der Waals surface area contributed by atoms with Crippen molar-refractivity contribution in [3.05, 3.63) is 35.9 Å². The monoisotopic (exact) mass is 307 g/mol. The quantitative estimate of drug-likeness (QED) is 0.887. The predicted molar refractivity (Wildman–Crippen MR) is 82.4 cm³/mol. The normalized spacial score (nSPS) is 12.4. The summed E-state index contributed by atoms with van der Waals surface area (Å²) >= 11 is 6.00. The Balaban J connectivity index is 2.23. The highest BCUT2D eigenvalue weighted by Gasteiger charge is 2.17. The molecule has 0 aliphatic heterocycles. The van der Waals surface area contributed by atoms with Gasteiger partial charge in [0.25, 0.3) is 0 Å². The Bertz CT molecular complexity index is 612. The zero-order valence-electron chi connectivity index (χ0n) is 12.0.